The van der Waals surface area contributed by atoms with Gasteiger partial charge in [-0.3, -0.25) is 9.78 Å². The van der Waals surface area contributed by atoms with Crippen LogP contribution in [0.4, 0.5) is 11.4 Å². The molecule has 2 aromatic rings. The van der Waals surface area contributed by atoms with Crippen LogP contribution in [0.2, 0.25) is 0 Å². The van der Waals surface area contributed by atoms with Gasteiger partial charge in [-0.1, -0.05) is 6.07 Å². The third kappa shape index (κ3) is 1.97. The zero-order valence-electron chi connectivity index (χ0n) is 11.2. The normalized spacial score (nSPS) is 13.2. The van der Waals surface area contributed by atoms with Crippen molar-refractivity contribution in [3.8, 4) is 5.75 Å². The molecule has 1 aliphatic heterocycles. The van der Waals surface area contributed by atoms with Crippen LogP contribution in [-0.2, 0) is 6.42 Å². The first-order valence-corrected chi connectivity index (χ1v) is 6.39. The van der Waals surface area contributed by atoms with Crippen molar-refractivity contribution in [3.63, 3.8) is 0 Å². The zero-order valence-corrected chi connectivity index (χ0v) is 11.2. The Morgan fingerprint density at radius 1 is 1.40 bits per heavy atom. The molecule has 5 nitrogen and oxygen atoms in total. The first kappa shape index (κ1) is 12.5. The van der Waals surface area contributed by atoms with Gasteiger partial charge in [-0.15, -0.1) is 0 Å². The van der Waals surface area contributed by atoms with E-state index < -0.39 is 0 Å². The summed E-state index contributed by atoms with van der Waals surface area (Å²) < 4.78 is 5.20. The van der Waals surface area contributed by atoms with E-state index in [1.165, 1.54) is 7.11 Å². The number of rotatable bonds is 2. The Kier molecular flexibility index (Phi) is 3.02. The van der Waals surface area contributed by atoms with Gasteiger partial charge in [0.25, 0.3) is 5.91 Å². The third-order valence-corrected chi connectivity index (χ3v) is 3.48. The minimum absolute atomic E-state index is 0.0893. The van der Waals surface area contributed by atoms with E-state index in [2.05, 4.69) is 4.98 Å². The van der Waals surface area contributed by atoms with Gasteiger partial charge in [0, 0.05) is 24.1 Å². The van der Waals surface area contributed by atoms with Gasteiger partial charge < -0.3 is 15.4 Å². The first-order valence-electron chi connectivity index (χ1n) is 6.39. The molecule has 1 aromatic carbocycles. The second kappa shape index (κ2) is 4.85. The maximum absolute atomic E-state index is 12.7. The summed E-state index contributed by atoms with van der Waals surface area (Å²) in [5.41, 5.74) is 9.01. The molecular formula is C15H15N3O2. The Bertz CT molecular complexity index is 670. The largest absolute Gasteiger partial charge is 0.494 e. The first-order chi connectivity index (χ1) is 9.70. The van der Waals surface area contributed by atoms with Gasteiger partial charge in [-0.05, 0) is 30.2 Å². The van der Waals surface area contributed by atoms with Crippen molar-refractivity contribution in [2.24, 2.45) is 0 Å². The maximum Gasteiger partial charge on any atom is 0.262 e. The average Bonchev–Trinajstić information content (AvgIpc) is 2.89. The number of aromatic nitrogens is 1. The number of nitrogen functional groups attached to an aromatic ring is 1. The van der Waals surface area contributed by atoms with Crippen LogP contribution >= 0.6 is 0 Å². The highest BCUT2D eigenvalue weighted by molar-refractivity contribution is 6.09. The van der Waals surface area contributed by atoms with Crippen LogP contribution in [0.15, 0.2) is 36.7 Å². The molecule has 0 radical (unpaired) electrons. The van der Waals surface area contributed by atoms with Gasteiger partial charge in [0.2, 0.25) is 0 Å². The average molecular weight is 269 g/mol. The molecule has 0 spiro atoms. The van der Waals surface area contributed by atoms with E-state index >= 15 is 0 Å². The Labute approximate surface area is 117 Å². The Balaban J connectivity index is 2.00. The molecule has 2 heterocycles. The molecule has 0 saturated heterocycles. The highest BCUT2D eigenvalue weighted by atomic mass is 16.5. The number of carbonyl (C=O) groups excluding carboxylic acids is 1. The fourth-order valence-electron chi connectivity index (χ4n) is 2.47. The summed E-state index contributed by atoms with van der Waals surface area (Å²) in [5, 5.41) is 0. The SMILES string of the molecule is COc1cnccc1C(=O)N1CCc2ccc(N)cc21. The van der Waals surface area contributed by atoms with Gasteiger partial charge in [-0.25, -0.2) is 0 Å². The number of methoxy groups -OCH3 is 1. The van der Waals surface area contributed by atoms with Gasteiger partial charge in [0.1, 0.15) is 5.75 Å². The molecule has 0 fully saturated rings. The molecule has 0 saturated carbocycles. The Hall–Kier alpha value is -2.56. The van der Waals surface area contributed by atoms with Gasteiger partial charge in [0.05, 0.1) is 18.9 Å². The second-order valence-electron chi connectivity index (χ2n) is 4.67. The monoisotopic (exact) mass is 269 g/mol. The van der Waals surface area contributed by atoms with Crippen molar-refractivity contribution in [1.29, 1.82) is 0 Å². The fourth-order valence-corrected chi connectivity index (χ4v) is 2.47. The number of anilines is 2. The lowest BCUT2D eigenvalue weighted by molar-refractivity contribution is 0.0986. The topological polar surface area (TPSA) is 68.5 Å². The van der Waals surface area contributed by atoms with Crippen molar-refractivity contribution < 1.29 is 9.53 Å². The van der Waals surface area contributed by atoms with E-state index in [4.69, 9.17) is 10.5 Å². The molecule has 3 rings (SSSR count). The molecule has 2 N–H and O–H groups in total. The molecule has 102 valence electrons. The number of carbonyl (C=O) groups is 1. The number of hydrogen-bond donors (Lipinski definition) is 1. The Morgan fingerprint density at radius 2 is 2.25 bits per heavy atom. The number of fused-ring (bicyclic) bond motifs is 1. The zero-order chi connectivity index (χ0) is 14.1. The summed E-state index contributed by atoms with van der Waals surface area (Å²) in [5.74, 6) is 0.392. The molecule has 0 unspecified atom stereocenters. The Morgan fingerprint density at radius 3 is 3.05 bits per heavy atom. The molecule has 1 amide bonds. The maximum atomic E-state index is 12.7. The summed E-state index contributed by atoms with van der Waals surface area (Å²) >= 11 is 0. The van der Waals surface area contributed by atoms with Crippen LogP contribution in [0, 0.1) is 0 Å². The van der Waals surface area contributed by atoms with E-state index in [0.29, 0.717) is 23.5 Å². The number of nitrogens with two attached hydrogens (primary N) is 1. The fraction of sp³-hybridized carbons (Fsp3) is 0.200. The van der Waals surface area contributed by atoms with Gasteiger partial charge in [0.15, 0.2) is 0 Å². The number of ether oxygens (including phenoxy) is 1. The predicted molar refractivity (Wildman–Crippen MR) is 77.0 cm³/mol. The van der Waals surface area contributed by atoms with Gasteiger partial charge in [-0.2, -0.15) is 0 Å². The number of nitrogens with zero attached hydrogens (tertiary/aromatic N) is 2. The lowest BCUT2D eigenvalue weighted by Crippen LogP contribution is -2.29. The highest BCUT2D eigenvalue weighted by Crippen LogP contribution is 2.32. The van der Waals surface area contributed by atoms with E-state index in [9.17, 15) is 4.79 Å². The van der Waals surface area contributed by atoms with Gasteiger partial charge >= 0.3 is 0 Å². The van der Waals surface area contributed by atoms with E-state index in [1.807, 2.05) is 18.2 Å². The number of amides is 1. The molecule has 20 heavy (non-hydrogen) atoms. The summed E-state index contributed by atoms with van der Waals surface area (Å²) in [4.78, 5) is 18.4. The second-order valence-corrected chi connectivity index (χ2v) is 4.67. The highest BCUT2D eigenvalue weighted by Gasteiger charge is 2.27. The van der Waals surface area contributed by atoms with Crippen LogP contribution in [-0.4, -0.2) is 24.5 Å². The van der Waals surface area contributed by atoms with Crippen molar-refractivity contribution in [3.05, 3.63) is 47.8 Å². The van der Waals surface area contributed by atoms with Crippen LogP contribution in [0.1, 0.15) is 15.9 Å². The molecule has 1 aromatic heterocycles. The third-order valence-electron chi connectivity index (χ3n) is 3.48. The predicted octanol–water partition coefficient (Wildman–Crippen LogP) is 1.88. The van der Waals surface area contributed by atoms with E-state index in [1.54, 1.807) is 23.4 Å². The quantitative estimate of drug-likeness (QED) is 0.845. The number of pyridine rings is 1. The summed E-state index contributed by atoms with van der Waals surface area (Å²) in [6.45, 7) is 0.656. The molecule has 5 heteroatoms. The number of hydrogen-bond acceptors (Lipinski definition) is 4. The van der Waals surface area contributed by atoms with Crippen molar-refractivity contribution in [1.82, 2.24) is 4.98 Å². The molecule has 0 atom stereocenters. The summed E-state index contributed by atoms with van der Waals surface area (Å²) in [6.07, 6.45) is 3.98. The van der Waals surface area contributed by atoms with Crippen LogP contribution in [0.5, 0.6) is 5.75 Å². The molecule has 0 bridgehead atoms. The van der Waals surface area contributed by atoms with Crippen molar-refractivity contribution in [2.75, 3.05) is 24.3 Å². The van der Waals surface area contributed by atoms with Crippen LogP contribution in [0.25, 0.3) is 0 Å². The van der Waals surface area contributed by atoms with Crippen molar-refractivity contribution in [2.45, 2.75) is 6.42 Å². The molecule has 0 aliphatic carbocycles. The molecular weight excluding hydrogens is 254 g/mol. The van der Waals surface area contributed by atoms with Crippen LogP contribution < -0.4 is 15.4 Å². The minimum Gasteiger partial charge on any atom is -0.494 e. The summed E-state index contributed by atoms with van der Waals surface area (Å²) in [6, 6.07) is 7.35. The smallest absolute Gasteiger partial charge is 0.262 e. The lowest BCUT2D eigenvalue weighted by atomic mass is 10.1. The summed E-state index contributed by atoms with van der Waals surface area (Å²) in [7, 11) is 1.53. The van der Waals surface area contributed by atoms with Crippen LogP contribution in [0.3, 0.4) is 0 Å². The molecule has 1 aliphatic rings. The van der Waals surface area contributed by atoms with Crippen molar-refractivity contribution >= 4 is 17.3 Å². The minimum atomic E-state index is -0.0893. The lowest BCUT2D eigenvalue weighted by Gasteiger charge is -2.18. The number of benzene rings is 1. The van der Waals surface area contributed by atoms with E-state index in [0.717, 1.165) is 17.7 Å². The standard InChI is InChI=1S/C15H15N3O2/c1-20-14-9-17-6-4-12(14)15(19)18-7-5-10-2-3-11(16)8-13(10)18/h2-4,6,8-9H,5,7,16H2,1H3. The van der Waals surface area contributed by atoms with E-state index in [-0.39, 0.29) is 5.91 Å².